The van der Waals surface area contributed by atoms with E-state index < -0.39 is 0 Å². The Bertz CT molecular complexity index is 976. The fourth-order valence-electron chi connectivity index (χ4n) is 5.71. The molecule has 0 aliphatic carbocycles. The molecule has 234 valence electrons. The first-order chi connectivity index (χ1) is 20.6. The Morgan fingerprint density at radius 2 is 0.738 bits per heavy atom. The van der Waals surface area contributed by atoms with Gasteiger partial charge in [0.2, 0.25) is 0 Å². The van der Waals surface area contributed by atoms with Gasteiger partial charge in [0.15, 0.2) is 0 Å². The van der Waals surface area contributed by atoms with Crippen LogP contribution in [-0.2, 0) is 25.7 Å². The monoisotopic (exact) mass is 573 g/mol. The number of hydrogen-bond donors (Lipinski definition) is 0. The van der Waals surface area contributed by atoms with Gasteiger partial charge < -0.3 is 0 Å². The molecule has 0 fully saturated rings. The van der Waals surface area contributed by atoms with E-state index in [1.807, 2.05) is 0 Å². The van der Waals surface area contributed by atoms with Crippen LogP contribution in [0.2, 0.25) is 0 Å². The van der Waals surface area contributed by atoms with Crippen LogP contribution in [0.25, 0.3) is 0 Å². The van der Waals surface area contributed by atoms with Gasteiger partial charge in [-0.25, -0.2) is 0 Å². The highest BCUT2D eigenvalue weighted by atomic mass is 14.8. The van der Waals surface area contributed by atoms with Crippen molar-refractivity contribution in [3.8, 4) is 0 Å². The molecule has 0 aromatic heterocycles. The molecule has 0 unspecified atom stereocenters. The average Bonchev–Trinajstić information content (AvgIpc) is 3.01. The van der Waals surface area contributed by atoms with E-state index in [1.54, 1.807) is 0 Å². The van der Waals surface area contributed by atoms with Gasteiger partial charge in [-0.05, 0) is 124 Å². The van der Waals surface area contributed by atoms with Crippen molar-refractivity contribution in [1.29, 1.82) is 0 Å². The lowest BCUT2D eigenvalue weighted by Gasteiger charge is -2.15. The van der Waals surface area contributed by atoms with E-state index >= 15 is 0 Å². The van der Waals surface area contributed by atoms with Crippen molar-refractivity contribution in [2.45, 2.75) is 170 Å². The fourth-order valence-corrected chi connectivity index (χ4v) is 5.71. The normalized spacial score (nSPS) is 12.3. The highest BCUT2D eigenvalue weighted by Gasteiger charge is 2.13. The minimum absolute atomic E-state index is 1.01. The van der Waals surface area contributed by atoms with Crippen LogP contribution in [0.15, 0.2) is 46.4 Å². The molecule has 0 amide bonds. The quantitative estimate of drug-likeness (QED) is 0.0934. The Labute approximate surface area is 260 Å². The number of unbranched alkanes of at least 4 members (excludes halogenated alkanes) is 8. The zero-order chi connectivity index (χ0) is 30.4. The van der Waals surface area contributed by atoms with Crippen LogP contribution in [0.4, 0.5) is 11.4 Å². The lowest BCUT2D eigenvalue weighted by molar-refractivity contribution is 0.735. The molecule has 2 heteroatoms. The van der Waals surface area contributed by atoms with Crippen molar-refractivity contribution in [3.63, 3.8) is 0 Å². The van der Waals surface area contributed by atoms with Crippen LogP contribution < -0.4 is 0 Å². The summed E-state index contributed by atoms with van der Waals surface area (Å²) >= 11 is 0. The number of aryl methyl sites for hydroxylation is 4. The first-order valence-electron chi connectivity index (χ1n) is 18.0. The number of benzene rings is 2. The van der Waals surface area contributed by atoms with Crippen LogP contribution in [0.5, 0.6) is 0 Å². The highest BCUT2D eigenvalue weighted by molar-refractivity contribution is 6.43. The Kier molecular flexibility index (Phi) is 19.1. The van der Waals surface area contributed by atoms with Gasteiger partial charge >= 0.3 is 0 Å². The van der Waals surface area contributed by atoms with Crippen molar-refractivity contribution in [2.24, 2.45) is 9.98 Å². The molecule has 2 aromatic rings. The Morgan fingerprint density at radius 1 is 0.405 bits per heavy atom. The summed E-state index contributed by atoms with van der Waals surface area (Å²) in [5.41, 5.74) is 10.7. The summed E-state index contributed by atoms with van der Waals surface area (Å²) in [6.07, 6.45) is 23.9. The predicted octanol–water partition coefficient (Wildman–Crippen LogP) is 13.1. The zero-order valence-corrected chi connectivity index (χ0v) is 28.5. The van der Waals surface area contributed by atoms with Gasteiger partial charge in [0.05, 0.1) is 22.8 Å². The minimum atomic E-state index is 1.01. The van der Waals surface area contributed by atoms with E-state index in [2.05, 4.69) is 77.9 Å². The summed E-state index contributed by atoms with van der Waals surface area (Å²) in [7, 11) is 0. The van der Waals surface area contributed by atoms with Crippen LogP contribution in [0, 0.1) is 0 Å². The molecular weight excluding hydrogens is 508 g/mol. The van der Waals surface area contributed by atoms with Gasteiger partial charge in [0.25, 0.3) is 0 Å². The first kappa shape index (κ1) is 36.0. The maximum atomic E-state index is 5.41. The summed E-state index contributed by atoms with van der Waals surface area (Å²) in [6, 6.07) is 14.1. The summed E-state index contributed by atoms with van der Waals surface area (Å²) in [5, 5.41) is 0. The lowest BCUT2D eigenvalue weighted by atomic mass is 9.96. The van der Waals surface area contributed by atoms with Crippen LogP contribution >= 0.6 is 0 Å². The molecule has 0 bridgehead atoms. The predicted molar refractivity (Wildman–Crippen MR) is 190 cm³/mol. The number of hydrogen-bond acceptors (Lipinski definition) is 2. The second kappa shape index (κ2) is 22.3. The summed E-state index contributed by atoms with van der Waals surface area (Å²) in [5.74, 6) is 0. The van der Waals surface area contributed by atoms with Crippen LogP contribution in [-0.4, -0.2) is 11.4 Å². The van der Waals surface area contributed by atoms with Gasteiger partial charge in [-0.3, -0.25) is 9.98 Å². The molecule has 0 saturated carbocycles. The van der Waals surface area contributed by atoms with Crippen molar-refractivity contribution < 1.29 is 0 Å². The molecule has 0 radical (unpaired) electrons. The van der Waals surface area contributed by atoms with E-state index in [1.165, 1.54) is 136 Å². The van der Waals surface area contributed by atoms with Crippen molar-refractivity contribution in [2.75, 3.05) is 0 Å². The molecule has 0 atom stereocenters. The topological polar surface area (TPSA) is 24.7 Å². The van der Waals surface area contributed by atoms with E-state index in [4.69, 9.17) is 9.98 Å². The maximum Gasteiger partial charge on any atom is 0.0636 e. The standard InChI is InChI=1S/C40H64N2/c1-7-13-19-25-39(41-37-29-27-33(21-15-9-3)35(31-37)23-17-11-5)40(26-20-14-8-2)42-38-30-28-34(22-16-10-4)36(32-38)24-18-12-6/h27-32H,7-26H2,1-6H3. The molecule has 2 aromatic carbocycles. The lowest BCUT2D eigenvalue weighted by Crippen LogP contribution is -2.14. The largest absolute Gasteiger partial charge is 0.252 e. The second-order valence-corrected chi connectivity index (χ2v) is 12.4. The number of nitrogens with zero attached hydrogens (tertiary/aromatic N) is 2. The average molecular weight is 573 g/mol. The van der Waals surface area contributed by atoms with Crippen molar-refractivity contribution >= 4 is 22.8 Å². The van der Waals surface area contributed by atoms with E-state index in [0.717, 1.165) is 37.1 Å². The molecule has 2 nitrogen and oxygen atoms in total. The molecule has 0 aliphatic rings. The molecule has 0 heterocycles. The van der Waals surface area contributed by atoms with Crippen LogP contribution in [0.3, 0.4) is 0 Å². The Morgan fingerprint density at radius 3 is 1.07 bits per heavy atom. The fraction of sp³-hybridized carbons (Fsp3) is 0.650. The second-order valence-electron chi connectivity index (χ2n) is 12.4. The van der Waals surface area contributed by atoms with Gasteiger partial charge in [0.1, 0.15) is 0 Å². The molecule has 0 saturated heterocycles. The van der Waals surface area contributed by atoms with Crippen LogP contribution in [0.1, 0.15) is 167 Å². The molecule has 0 spiro atoms. The Hall–Kier alpha value is -2.22. The molecule has 2 rings (SSSR count). The zero-order valence-electron chi connectivity index (χ0n) is 28.5. The van der Waals surface area contributed by atoms with Crippen molar-refractivity contribution in [3.05, 3.63) is 58.7 Å². The smallest absolute Gasteiger partial charge is 0.0636 e. The third-order valence-electron chi connectivity index (χ3n) is 8.47. The van der Waals surface area contributed by atoms with Crippen molar-refractivity contribution in [1.82, 2.24) is 0 Å². The maximum absolute atomic E-state index is 5.41. The molecule has 0 aliphatic heterocycles. The number of aliphatic imine (C=N–C) groups is 2. The van der Waals surface area contributed by atoms with E-state index in [0.29, 0.717) is 0 Å². The summed E-state index contributed by atoms with van der Waals surface area (Å²) < 4.78 is 0. The highest BCUT2D eigenvalue weighted by Crippen LogP contribution is 2.26. The molecule has 0 N–H and O–H groups in total. The van der Waals surface area contributed by atoms with E-state index in [9.17, 15) is 0 Å². The van der Waals surface area contributed by atoms with Gasteiger partial charge in [-0.1, -0.05) is 105 Å². The van der Waals surface area contributed by atoms with Gasteiger partial charge in [-0.15, -0.1) is 0 Å². The first-order valence-corrected chi connectivity index (χ1v) is 18.0. The molecule has 42 heavy (non-hydrogen) atoms. The van der Waals surface area contributed by atoms with E-state index in [-0.39, 0.29) is 0 Å². The minimum Gasteiger partial charge on any atom is -0.252 e. The third-order valence-corrected chi connectivity index (χ3v) is 8.47. The molecular formula is C40H64N2. The number of rotatable bonds is 23. The van der Waals surface area contributed by atoms with Gasteiger partial charge in [0, 0.05) is 0 Å². The SMILES string of the molecule is CCCCCC(=Nc1ccc(CCCC)c(CCCC)c1)C(CCCCC)=Nc1ccc(CCCC)c(CCCC)c1. The summed E-state index contributed by atoms with van der Waals surface area (Å²) in [6.45, 7) is 13.8. The third kappa shape index (κ3) is 13.4. The van der Waals surface area contributed by atoms with Gasteiger partial charge in [-0.2, -0.15) is 0 Å². The summed E-state index contributed by atoms with van der Waals surface area (Å²) in [4.78, 5) is 10.8. The Balaban J connectivity index is 2.56.